The first kappa shape index (κ1) is 20.3. The molecule has 2 amide bonds. The van der Waals surface area contributed by atoms with Gasteiger partial charge >= 0.3 is 0 Å². The Morgan fingerprint density at radius 1 is 1.09 bits per heavy atom. The van der Waals surface area contributed by atoms with Crippen LogP contribution in [-0.2, 0) is 6.61 Å². The minimum atomic E-state index is -1.07. The second kappa shape index (κ2) is 8.91. The van der Waals surface area contributed by atoms with E-state index in [0.717, 1.165) is 0 Å². The fourth-order valence-corrected chi connectivity index (χ4v) is 6.16. The molecule has 0 bridgehead atoms. The lowest BCUT2D eigenvalue weighted by Gasteiger charge is -2.17. The molecule has 0 aromatic heterocycles. The molecule has 0 aliphatic heterocycles. The number of hydrogen-bond donors (Lipinski definition) is 5. The van der Waals surface area contributed by atoms with Crippen LogP contribution in [0.4, 0.5) is 0 Å². The van der Waals surface area contributed by atoms with Gasteiger partial charge in [0, 0.05) is 22.8 Å². The molecule has 1 rings (SSSR count). The number of amides is 2. The van der Waals surface area contributed by atoms with E-state index in [4.69, 9.17) is 10.8 Å². The summed E-state index contributed by atoms with van der Waals surface area (Å²) in [5.41, 5.74) is 6.20. The largest absolute Gasteiger partial charge is 0.394 e. The zero-order valence-electron chi connectivity index (χ0n) is 11.1. The predicted octanol–water partition coefficient (Wildman–Crippen LogP) is 0.175. The normalized spacial score (nSPS) is 12.1. The highest BCUT2D eigenvalue weighted by molar-refractivity contribution is 14.1. The van der Waals surface area contributed by atoms with E-state index in [1.54, 1.807) is 0 Å². The van der Waals surface area contributed by atoms with Crippen LogP contribution in [0, 0.1) is 10.7 Å². The Bertz CT molecular complexity index is 609. The van der Waals surface area contributed by atoms with Crippen molar-refractivity contribution in [3.8, 4) is 0 Å². The Morgan fingerprint density at radius 3 is 2.09 bits per heavy atom. The van der Waals surface area contributed by atoms with Crippen LogP contribution >= 0.6 is 67.8 Å². The van der Waals surface area contributed by atoms with Gasteiger partial charge in [0.2, 0.25) is 0 Å². The van der Waals surface area contributed by atoms with Crippen molar-refractivity contribution in [3.05, 3.63) is 27.4 Å². The van der Waals surface area contributed by atoms with Gasteiger partial charge in [0.25, 0.3) is 11.8 Å². The summed E-state index contributed by atoms with van der Waals surface area (Å²) in [5.74, 6) is -1.21. The van der Waals surface area contributed by atoms with Crippen molar-refractivity contribution in [3.63, 3.8) is 0 Å². The molecule has 22 heavy (non-hydrogen) atoms. The fraction of sp³-hybridized carbons (Fsp3) is 0.333. The minimum absolute atomic E-state index is 0.131. The first-order valence-electron chi connectivity index (χ1n) is 5.93. The van der Waals surface area contributed by atoms with Crippen LogP contribution in [0.25, 0.3) is 0 Å². The van der Waals surface area contributed by atoms with E-state index in [1.807, 2.05) is 67.8 Å². The average molecular weight is 646 g/mol. The van der Waals surface area contributed by atoms with E-state index in [1.165, 1.54) is 0 Å². The number of nitrogens with two attached hydrogens (primary N) is 1. The second-order valence-electron chi connectivity index (χ2n) is 4.24. The lowest BCUT2D eigenvalue weighted by molar-refractivity contribution is 0.0800. The number of primary amides is 1. The molecule has 0 aliphatic carbocycles. The number of aliphatic hydroxyl groups is 3. The number of carbonyl (C=O) groups excluding carboxylic acids is 2. The standard InChI is InChI=1S/C12H13I3N2O5/c13-8-5(3-19)9(14)7(10(15)6(8)11(16)21)12(22)17-1-4(20)2-18/h4,18-20H,1-3H2,(H2,16,21)(H,17,22). The summed E-state index contributed by atoms with van der Waals surface area (Å²) < 4.78 is 1.40. The van der Waals surface area contributed by atoms with Crippen LogP contribution in [0.5, 0.6) is 0 Å². The highest BCUT2D eigenvalue weighted by Crippen LogP contribution is 2.32. The van der Waals surface area contributed by atoms with Crippen molar-refractivity contribution in [1.82, 2.24) is 5.32 Å². The zero-order valence-corrected chi connectivity index (χ0v) is 17.5. The van der Waals surface area contributed by atoms with Gasteiger partial charge in [-0.15, -0.1) is 0 Å². The van der Waals surface area contributed by atoms with Crippen LogP contribution in [0.2, 0.25) is 0 Å². The van der Waals surface area contributed by atoms with Crippen LogP contribution in [-0.4, -0.2) is 46.4 Å². The maximum Gasteiger partial charge on any atom is 0.253 e. The summed E-state index contributed by atoms with van der Waals surface area (Å²) in [6.07, 6.45) is -1.07. The molecule has 0 saturated heterocycles. The molecule has 6 N–H and O–H groups in total. The molecule has 122 valence electrons. The third-order valence-electron chi connectivity index (χ3n) is 2.75. The highest BCUT2D eigenvalue weighted by Gasteiger charge is 2.26. The smallest absolute Gasteiger partial charge is 0.253 e. The Balaban J connectivity index is 3.38. The van der Waals surface area contributed by atoms with E-state index in [0.29, 0.717) is 16.3 Å². The summed E-state index contributed by atoms with van der Waals surface area (Å²) in [5, 5.41) is 30.0. The molecule has 0 radical (unpaired) electrons. The molecule has 1 unspecified atom stereocenters. The predicted molar refractivity (Wildman–Crippen MR) is 104 cm³/mol. The Labute approximate surface area is 167 Å². The van der Waals surface area contributed by atoms with Crippen LogP contribution in [0.15, 0.2) is 0 Å². The fourth-order valence-electron chi connectivity index (χ4n) is 1.63. The summed E-state index contributed by atoms with van der Waals surface area (Å²) in [6.45, 7) is -0.948. The molecule has 0 aliphatic rings. The molecule has 10 heteroatoms. The number of rotatable bonds is 6. The van der Waals surface area contributed by atoms with Crippen molar-refractivity contribution in [2.75, 3.05) is 13.2 Å². The van der Waals surface area contributed by atoms with Crippen molar-refractivity contribution >= 4 is 79.6 Å². The monoisotopic (exact) mass is 646 g/mol. The first-order chi connectivity index (χ1) is 10.3. The lowest BCUT2D eigenvalue weighted by atomic mass is 10.0. The van der Waals surface area contributed by atoms with Crippen molar-refractivity contribution in [2.24, 2.45) is 5.73 Å². The quantitative estimate of drug-likeness (QED) is 0.282. The third kappa shape index (κ3) is 4.40. The first-order valence-corrected chi connectivity index (χ1v) is 9.16. The number of hydrogen-bond acceptors (Lipinski definition) is 5. The molecule has 1 aromatic rings. The number of nitrogens with one attached hydrogen (secondary N) is 1. The van der Waals surface area contributed by atoms with Gasteiger partial charge in [-0.3, -0.25) is 9.59 Å². The minimum Gasteiger partial charge on any atom is -0.394 e. The summed E-state index contributed by atoms with van der Waals surface area (Å²) in [4.78, 5) is 23.9. The summed E-state index contributed by atoms with van der Waals surface area (Å²) in [6, 6.07) is 0. The van der Waals surface area contributed by atoms with Gasteiger partial charge in [-0.1, -0.05) is 0 Å². The molecule has 0 fully saturated rings. The lowest BCUT2D eigenvalue weighted by Crippen LogP contribution is -2.35. The molecule has 0 heterocycles. The molecule has 7 nitrogen and oxygen atoms in total. The molecular formula is C12H13I3N2O5. The van der Waals surface area contributed by atoms with E-state index >= 15 is 0 Å². The molecule has 1 atom stereocenters. The van der Waals surface area contributed by atoms with Crippen molar-refractivity contribution in [2.45, 2.75) is 12.7 Å². The van der Waals surface area contributed by atoms with Gasteiger partial charge in [0.05, 0.1) is 30.4 Å². The maximum absolute atomic E-state index is 12.3. The second-order valence-corrected chi connectivity index (χ2v) is 7.48. The van der Waals surface area contributed by atoms with Gasteiger partial charge < -0.3 is 26.4 Å². The van der Waals surface area contributed by atoms with Crippen molar-refractivity contribution < 1.29 is 24.9 Å². The number of halogens is 3. The summed E-state index contributed by atoms with van der Waals surface area (Å²) >= 11 is 5.69. The number of benzene rings is 1. The zero-order chi connectivity index (χ0) is 17.0. The van der Waals surface area contributed by atoms with E-state index in [2.05, 4.69) is 5.32 Å². The van der Waals surface area contributed by atoms with Crippen LogP contribution in [0.3, 0.4) is 0 Å². The Morgan fingerprint density at radius 2 is 1.64 bits per heavy atom. The third-order valence-corrected chi connectivity index (χ3v) is 6.21. The van der Waals surface area contributed by atoms with Gasteiger partial charge in [-0.2, -0.15) is 0 Å². The summed E-state index contributed by atoms with van der Waals surface area (Å²) in [7, 11) is 0. The number of aliphatic hydroxyl groups excluding tert-OH is 3. The maximum atomic E-state index is 12.3. The Kier molecular flexibility index (Phi) is 8.21. The highest BCUT2D eigenvalue weighted by atomic mass is 127. The SMILES string of the molecule is NC(=O)c1c(I)c(CO)c(I)c(C(=O)NCC(O)CO)c1I. The molecular weight excluding hydrogens is 633 g/mol. The van der Waals surface area contributed by atoms with Gasteiger partial charge in [-0.25, -0.2) is 0 Å². The number of carbonyl (C=O) groups is 2. The molecule has 0 spiro atoms. The van der Waals surface area contributed by atoms with Crippen LogP contribution in [0.1, 0.15) is 26.3 Å². The van der Waals surface area contributed by atoms with E-state index in [9.17, 15) is 19.8 Å². The van der Waals surface area contributed by atoms with Gasteiger partial charge in [-0.05, 0) is 67.8 Å². The topological polar surface area (TPSA) is 133 Å². The van der Waals surface area contributed by atoms with E-state index < -0.39 is 24.5 Å². The molecule has 0 saturated carbocycles. The average Bonchev–Trinajstić information content (AvgIpc) is 2.44. The van der Waals surface area contributed by atoms with Crippen molar-refractivity contribution in [1.29, 1.82) is 0 Å². The van der Waals surface area contributed by atoms with E-state index in [-0.39, 0.29) is 24.3 Å². The van der Waals surface area contributed by atoms with Gasteiger partial charge in [0.1, 0.15) is 0 Å². The molecule has 1 aromatic carbocycles. The van der Waals surface area contributed by atoms with Crippen LogP contribution < -0.4 is 11.1 Å². The Hall–Kier alpha value is 0.230. The van der Waals surface area contributed by atoms with Gasteiger partial charge in [0.15, 0.2) is 0 Å².